The second kappa shape index (κ2) is 11.1. The summed E-state index contributed by atoms with van der Waals surface area (Å²) in [5.41, 5.74) is 11.6. The van der Waals surface area contributed by atoms with Gasteiger partial charge in [0.15, 0.2) is 11.6 Å². The molecule has 0 saturated carbocycles. The number of ether oxygens (including phenoxy) is 1. The van der Waals surface area contributed by atoms with Crippen molar-refractivity contribution in [3.63, 3.8) is 0 Å². The molecule has 10 heteroatoms. The standard InChI is InChI=1S/C28H29N7O3/c1-18(2)15-30-13-14-37-28(36)31-16-19-7-9-20(10-8-19)17-35-25-21-5-3-4-6-22(21)33-26(29)24(25)34-27(35)23-11-12-32-38-23/h3-12,30H,1,13-17H2,2H3,(H2,29,33)(H,31,36). The number of amides is 1. The lowest BCUT2D eigenvalue weighted by atomic mass is 10.1. The Morgan fingerprint density at radius 2 is 1.89 bits per heavy atom. The molecule has 4 N–H and O–H groups in total. The van der Waals surface area contributed by atoms with Crippen LogP contribution in [0.25, 0.3) is 33.5 Å². The first-order valence-corrected chi connectivity index (χ1v) is 12.3. The van der Waals surface area contributed by atoms with Crippen LogP contribution in [-0.4, -0.2) is 45.5 Å². The topological polar surface area (TPSA) is 133 Å². The highest BCUT2D eigenvalue weighted by Crippen LogP contribution is 2.33. The van der Waals surface area contributed by atoms with Gasteiger partial charge in [0.05, 0.1) is 17.2 Å². The number of benzene rings is 2. The molecule has 5 rings (SSSR count). The number of aromatic nitrogens is 4. The Balaban J connectivity index is 1.32. The summed E-state index contributed by atoms with van der Waals surface area (Å²) in [6, 6.07) is 17.6. The Kier molecular flexibility index (Phi) is 7.32. The molecule has 3 aromatic heterocycles. The fourth-order valence-corrected chi connectivity index (χ4v) is 4.22. The quantitative estimate of drug-likeness (QED) is 0.187. The minimum Gasteiger partial charge on any atom is -0.448 e. The van der Waals surface area contributed by atoms with Gasteiger partial charge in [0.25, 0.3) is 0 Å². The molecule has 0 atom stereocenters. The van der Waals surface area contributed by atoms with E-state index in [1.807, 2.05) is 55.5 Å². The van der Waals surface area contributed by atoms with E-state index >= 15 is 0 Å². The zero-order valence-corrected chi connectivity index (χ0v) is 21.1. The number of hydrogen-bond donors (Lipinski definition) is 3. The molecule has 3 heterocycles. The highest BCUT2D eigenvalue weighted by molar-refractivity contribution is 6.07. The maximum Gasteiger partial charge on any atom is 0.407 e. The lowest BCUT2D eigenvalue weighted by molar-refractivity contribution is 0.146. The summed E-state index contributed by atoms with van der Waals surface area (Å²) in [7, 11) is 0. The molecule has 38 heavy (non-hydrogen) atoms. The van der Waals surface area contributed by atoms with Crippen molar-refractivity contribution in [2.24, 2.45) is 0 Å². The molecule has 2 aromatic carbocycles. The molecule has 5 aromatic rings. The van der Waals surface area contributed by atoms with E-state index in [2.05, 4.69) is 31.9 Å². The minimum atomic E-state index is -0.453. The van der Waals surface area contributed by atoms with Crippen LogP contribution < -0.4 is 16.4 Å². The zero-order chi connectivity index (χ0) is 26.5. The number of carbonyl (C=O) groups is 1. The second-order valence-electron chi connectivity index (χ2n) is 9.05. The van der Waals surface area contributed by atoms with E-state index in [0.717, 1.165) is 33.1 Å². The molecule has 1 amide bonds. The number of anilines is 1. The highest BCUT2D eigenvalue weighted by atomic mass is 16.5. The number of para-hydroxylation sites is 1. The first-order valence-electron chi connectivity index (χ1n) is 12.3. The largest absolute Gasteiger partial charge is 0.448 e. The Labute approximate surface area is 219 Å². The van der Waals surface area contributed by atoms with Crippen molar-refractivity contribution < 1.29 is 14.1 Å². The average Bonchev–Trinajstić information content (AvgIpc) is 3.57. The third-order valence-corrected chi connectivity index (χ3v) is 6.01. The van der Waals surface area contributed by atoms with E-state index < -0.39 is 6.09 Å². The van der Waals surface area contributed by atoms with Crippen molar-refractivity contribution >= 4 is 33.8 Å². The van der Waals surface area contributed by atoms with Crippen LogP contribution in [0.2, 0.25) is 0 Å². The third-order valence-electron chi connectivity index (χ3n) is 6.01. The van der Waals surface area contributed by atoms with E-state index in [0.29, 0.717) is 55.7 Å². The summed E-state index contributed by atoms with van der Waals surface area (Å²) in [5.74, 6) is 1.52. The molecule has 10 nitrogen and oxygen atoms in total. The summed E-state index contributed by atoms with van der Waals surface area (Å²) in [6.45, 7) is 8.21. The van der Waals surface area contributed by atoms with Crippen molar-refractivity contribution in [2.75, 3.05) is 25.4 Å². The summed E-state index contributed by atoms with van der Waals surface area (Å²) < 4.78 is 12.7. The molecule has 0 saturated heterocycles. The number of hydrogen-bond acceptors (Lipinski definition) is 8. The molecule has 0 radical (unpaired) electrons. The average molecular weight is 512 g/mol. The van der Waals surface area contributed by atoms with Gasteiger partial charge in [-0.1, -0.05) is 59.8 Å². The van der Waals surface area contributed by atoms with E-state index in [9.17, 15) is 4.79 Å². The van der Waals surface area contributed by atoms with E-state index in [1.165, 1.54) is 0 Å². The second-order valence-corrected chi connectivity index (χ2v) is 9.05. The molecule has 0 unspecified atom stereocenters. The van der Waals surface area contributed by atoms with Gasteiger partial charge in [-0.3, -0.25) is 0 Å². The van der Waals surface area contributed by atoms with E-state index in [1.54, 1.807) is 12.3 Å². The number of carbonyl (C=O) groups excluding carboxylic acids is 1. The summed E-state index contributed by atoms with van der Waals surface area (Å²) in [5, 5.41) is 10.7. The Morgan fingerprint density at radius 1 is 1.11 bits per heavy atom. The van der Waals surface area contributed by atoms with Gasteiger partial charge in [-0.05, 0) is 24.1 Å². The van der Waals surface area contributed by atoms with Gasteiger partial charge in [-0.15, -0.1) is 0 Å². The predicted molar refractivity (Wildman–Crippen MR) is 146 cm³/mol. The van der Waals surface area contributed by atoms with Gasteiger partial charge in [-0.2, -0.15) is 0 Å². The Hall–Kier alpha value is -4.70. The molecule has 0 aliphatic rings. The van der Waals surface area contributed by atoms with Gasteiger partial charge in [0.2, 0.25) is 5.76 Å². The van der Waals surface area contributed by atoms with Crippen molar-refractivity contribution in [1.29, 1.82) is 0 Å². The summed E-state index contributed by atoms with van der Waals surface area (Å²) in [4.78, 5) is 21.3. The summed E-state index contributed by atoms with van der Waals surface area (Å²) >= 11 is 0. The first kappa shape index (κ1) is 25.0. The number of imidazole rings is 1. The van der Waals surface area contributed by atoms with Crippen LogP contribution in [0.4, 0.5) is 10.6 Å². The highest BCUT2D eigenvalue weighted by Gasteiger charge is 2.20. The SMILES string of the molecule is C=C(C)CNCCOC(=O)NCc1ccc(Cn2c(-c3ccno3)nc3c(N)nc4ccccc4c32)cc1. The Bertz CT molecular complexity index is 1570. The van der Waals surface area contributed by atoms with E-state index in [-0.39, 0.29) is 0 Å². The van der Waals surface area contributed by atoms with Crippen molar-refractivity contribution in [1.82, 2.24) is 30.3 Å². The summed E-state index contributed by atoms with van der Waals surface area (Å²) in [6.07, 6.45) is 1.13. The normalized spacial score (nSPS) is 11.2. The van der Waals surface area contributed by atoms with Gasteiger partial charge in [-0.25, -0.2) is 14.8 Å². The third kappa shape index (κ3) is 5.50. The molecule has 194 valence electrons. The van der Waals surface area contributed by atoms with Gasteiger partial charge in [0, 0.05) is 37.6 Å². The smallest absolute Gasteiger partial charge is 0.407 e. The number of alkyl carbamates (subject to hydrolysis) is 1. The zero-order valence-electron chi connectivity index (χ0n) is 21.1. The number of nitrogens with one attached hydrogen (secondary N) is 2. The van der Waals surface area contributed by atoms with Crippen LogP contribution in [-0.2, 0) is 17.8 Å². The number of rotatable bonds is 10. The maximum absolute atomic E-state index is 12.0. The lowest BCUT2D eigenvalue weighted by Crippen LogP contribution is -2.28. The lowest BCUT2D eigenvalue weighted by Gasteiger charge is -2.11. The maximum atomic E-state index is 12.0. The monoisotopic (exact) mass is 511 g/mol. The molecule has 0 aliphatic carbocycles. The molecule has 0 fully saturated rings. The fourth-order valence-electron chi connectivity index (χ4n) is 4.22. The van der Waals surface area contributed by atoms with Crippen molar-refractivity contribution in [3.05, 3.63) is 84.1 Å². The molecule has 0 bridgehead atoms. The number of nitrogens with two attached hydrogens (primary N) is 1. The molecular formula is C28H29N7O3. The van der Waals surface area contributed by atoms with Crippen LogP contribution in [0.1, 0.15) is 18.1 Å². The number of nitrogens with zero attached hydrogens (tertiary/aromatic N) is 4. The van der Waals surface area contributed by atoms with Crippen LogP contribution >= 0.6 is 0 Å². The molecule has 0 spiro atoms. The predicted octanol–water partition coefficient (Wildman–Crippen LogP) is 4.26. The van der Waals surface area contributed by atoms with E-state index in [4.69, 9.17) is 20.0 Å². The van der Waals surface area contributed by atoms with Gasteiger partial charge < -0.3 is 30.2 Å². The fraction of sp³-hybridized carbons (Fsp3) is 0.214. The van der Waals surface area contributed by atoms with Crippen molar-refractivity contribution in [3.8, 4) is 11.6 Å². The number of nitrogen functional groups attached to an aromatic ring is 1. The van der Waals surface area contributed by atoms with Crippen LogP contribution in [0.15, 0.2) is 77.5 Å². The number of fused-ring (bicyclic) bond motifs is 3. The van der Waals surface area contributed by atoms with Crippen LogP contribution in [0, 0.1) is 0 Å². The molecular weight excluding hydrogens is 482 g/mol. The number of pyridine rings is 1. The van der Waals surface area contributed by atoms with Crippen LogP contribution in [0.3, 0.4) is 0 Å². The van der Waals surface area contributed by atoms with Crippen LogP contribution in [0.5, 0.6) is 0 Å². The molecule has 0 aliphatic heterocycles. The van der Waals surface area contributed by atoms with Gasteiger partial charge >= 0.3 is 6.09 Å². The van der Waals surface area contributed by atoms with Gasteiger partial charge in [0.1, 0.15) is 12.1 Å². The van der Waals surface area contributed by atoms with Crippen molar-refractivity contribution in [2.45, 2.75) is 20.0 Å². The Morgan fingerprint density at radius 3 is 2.66 bits per heavy atom. The first-order chi connectivity index (χ1) is 18.5. The minimum absolute atomic E-state index is 0.291.